The van der Waals surface area contributed by atoms with Crippen LogP contribution in [0.5, 0.6) is 0 Å². The van der Waals surface area contributed by atoms with Gasteiger partial charge in [-0.15, -0.1) is 0 Å². The summed E-state index contributed by atoms with van der Waals surface area (Å²) in [6.07, 6.45) is 9.39. The molecule has 0 aromatic rings. The van der Waals surface area contributed by atoms with E-state index in [9.17, 15) is 0 Å². The molecule has 1 aliphatic carbocycles. The molecule has 3 rings (SSSR count). The molecule has 0 amide bonds. The zero-order valence-electron chi connectivity index (χ0n) is 18.4. The molecule has 0 aromatic heterocycles. The Labute approximate surface area is 176 Å². The third kappa shape index (κ3) is 8.04. The second-order valence-corrected chi connectivity index (χ2v) is 8.47. The number of ether oxygens (including phenoxy) is 3. The van der Waals surface area contributed by atoms with E-state index in [2.05, 4.69) is 22.5 Å². The molecule has 2 atom stereocenters. The van der Waals surface area contributed by atoms with Gasteiger partial charge in [0.25, 0.3) is 0 Å². The molecule has 0 radical (unpaired) electrons. The smallest absolute Gasteiger partial charge is 0.191 e. The molecule has 0 aromatic carbocycles. The van der Waals surface area contributed by atoms with Crippen LogP contribution in [-0.4, -0.2) is 88.8 Å². The van der Waals surface area contributed by atoms with Crippen molar-refractivity contribution in [1.29, 1.82) is 0 Å². The van der Waals surface area contributed by atoms with Gasteiger partial charge in [0.05, 0.1) is 39.1 Å². The van der Waals surface area contributed by atoms with E-state index in [4.69, 9.17) is 19.2 Å². The molecule has 2 aliphatic heterocycles. The van der Waals surface area contributed by atoms with E-state index >= 15 is 0 Å². The van der Waals surface area contributed by atoms with Gasteiger partial charge in [0.1, 0.15) is 0 Å². The largest absolute Gasteiger partial charge is 0.381 e. The Morgan fingerprint density at radius 2 is 1.83 bits per heavy atom. The number of morpholine rings is 1. The van der Waals surface area contributed by atoms with Crippen LogP contribution >= 0.6 is 0 Å². The van der Waals surface area contributed by atoms with E-state index in [1.54, 1.807) is 0 Å². The van der Waals surface area contributed by atoms with E-state index in [0.29, 0.717) is 18.1 Å². The molecule has 7 heteroatoms. The molecule has 2 saturated heterocycles. The molecule has 3 aliphatic rings. The minimum atomic E-state index is 0.430. The van der Waals surface area contributed by atoms with Crippen LogP contribution in [0.3, 0.4) is 0 Å². The maximum atomic E-state index is 6.11. The highest BCUT2D eigenvalue weighted by molar-refractivity contribution is 5.79. The number of guanidine groups is 1. The molecule has 0 spiro atoms. The lowest BCUT2D eigenvalue weighted by Gasteiger charge is -2.36. The van der Waals surface area contributed by atoms with Crippen molar-refractivity contribution in [3.8, 4) is 0 Å². The predicted octanol–water partition coefficient (Wildman–Crippen LogP) is 2.02. The molecular formula is C22H42N4O3. The van der Waals surface area contributed by atoms with Crippen LogP contribution in [0, 0.1) is 5.92 Å². The monoisotopic (exact) mass is 410 g/mol. The van der Waals surface area contributed by atoms with Gasteiger partial charge < -0.3 is 24.8 Å². The normalized spacial score (nSPS) is 26.2. The number of nitrogens with zero attached hydrogens (tertiary/aromatic N) is 2. The highest BCUT2D eigenvalue weighted by atomic mass is 16.5. The van der Waals surface area contributed by atoms with E-state index in [1.165, 1.54) is 38.5 Å². The fraction of sp³-hybridized carbons (Fsp3) is 0.955. The zero-order chi connectivity index (χ0) is 20.2. The van der Waals surface area contributed by atoms with Gasteiger partial charge in [-0.3, -0.25) is 9.89 Å². The third-order valence-corrected chi connectivity index (χ3v) is 6.35. The van der Waals surface area contributed by atoms with Crippen LogP contribution in [0.15, 0.2) is 4.99 Å². The minimum Gasteiger partial charge on any atom is -0.381 e. The quantitative estimate of drug-likeness (QED) is 0.262. The summed E-state index contributed by atoms with van der Waals surface area (Å²) >= 11 is 0. The van der Waals surface area contributed by atoms with Crippen LogP contribution in [0.1, 0.15) is 51.9 Å². The first-order valence-electron chi connectivity index (χ1n) is 11.9. The maximum Gasteiger partial charge on any atom is 0.191 e. The van der Waals surface area contributed by atoms with E-state index in [1.807, 2.05) is 0 Å². The molecule has 29 heavy (non-hydrogen) atoms. The fourth-order valence-electron chi connectivity index (χ4n) is 4.66. The molecule has 168 valence electrons. The molecule has 2 heterocycles. The summed E-state index contributed by atoms with van der Waals surface area (Å²) in [7, 11) is 0. The summed E-state index contributed by atoms with van der Waals surface area (Å²) in [5, 5.41) is 6.85. The molecule has 7 nitrogen and oxygen atoms in total. The van der Waals surface area contributed by atoms with Gasteiger partial charge in [-0.05, 0) is 26.2 Å². The lowest BCUT2D eigenvalue weighted by atomic mass is 9.97. The van der Waals surface area contributed by atoms with Crippen LogP contribution in [-0.2, 0) is 14.2 Å². The van der Waals surface area contributed by atoms with Crippen LogP contribution in [0.2, 0.25) is 0 Å². The number of aliphatic imine (C=N–C) groups is 1. The summed E-state index contributed by atoms with van der Waals surface area (Å²) in [6.45, 7) is 10.7. The molecular weight excluding hydrogens is 368 g/mol. The first kappa shape index (κ1) is 22.8. The third-order valence-electron chi connectivity index (χ3n) is 6.35. The Balaban J connectivity index is 1.46. The van der Waals surface area contributed by atoms with Gasteiger partial charge in [-0.2, -0.15) is 0 Å². The zero-order valence-corrected chi connectivity index (χ0v) is 18.4. The van der Waals surface area contributed by atoms with Crippen molar-refractivity contribution in [2.75, 3.05) is 65.8 Å². The van der Waals surface area contributed by atoms with Gasteiger partial charge in [-0.25, -0.2) is 0 Å². The number of rotatable bonds is 9. The number of hydrogen-bond acceptors (Lipinski definition) is 5. The minimum absolute atomic E-state index is 0.430. The Morgan fingerprint density at radius 1 is 1.03 bits per heavy atom. The standard InChI is InChI=1S/C22H42N4O3/c1-2-23-22(24-10-14-29-20-7-5-3-4-6-8-20)25-17-21(19-9-13-28-18-19)26-11-15-27-16-12-26/h19-21H,2-18H2,1H3,(H2,23,24,25). The second kappa shape index (κ2) is 13.4. The maximum absolute atomic E-state index is 6.11. The summed E-state index contributed by atoms with van der Waals surface area (Å²) in [4.78, 5) is 7.48. The van der Waals surface area contributed by atoms with E-state index in [0.717, 1.165) is 78.1 Å². The van der Waals surface area contributed by atoms with Gasteiger partial charge in [0.15, 0.2) is 5.96 Å². The van der Waals surface area contributed by atoms with Gasteiger partial charge >= 0.3 is 0 Å². The highest BCUT2D eigenvalue weighted by Gasteiger charge is 2.31. The lowest BCUT2D eigenvalue weighted by molar-refractivity contribution is 0.00367. The molecule has 2 unspecified atom stereocenters. The average molecular weight is 411 g/mol. The van der Waals surface area contributed by atoms with Crippen molar-refractivity contribution < 1.29 is 14.2 Å². The van der Waals surface area contributed by atoms with Crippen molar-refractivity contribution in [3.05, 3.63) is 0 Å². The SMILES string of the molecule is CCNC(=NCC(C1CCOC1)N1CCOCC1)NCCOC1CCCCCC1. The van der Waals surface area contributed by atoms with Crippen molar-refractivity contribution in [3.63, 3.8) is 0 Å². The van der Waals surface area contributed by atoms with E-state index < -0.39 is 0 Å². The van der Waals surface area contributed by atoms with Gasteiger partial charge in [0.2, 0.25) is 0 Å². The molecule has 0 bridgehead atoms. The average Bonchev–Trinajstić information content (AvgIpc) is 3.15. The highest BCUT2D eigenvalue weighted by Crippen LogP contribution is 2.22. The van der Waals surface area contributed by atoms with Crippen LogP contribution < -0.4 is 10.6 Å². The molecule has 3 fully saturated rings. The van der Waals surface area contributed by atoms with Crippen LogP contribution in [0.4, 0.5) is 0 Å². The number of nitrogens with one attached hydrogen (secondary N) is 2. The summed E-state index contributed by atoms with van der Waals surface area (Å²) < 4.78 is 17.3. The van der Waals surface area contributed by atoms with Gasteiger partial charge in [0, 0.05) is 44.7 Å². The van der Waals surface area contributed by atoms with Crippen molar-refractivity contribution in [1.82, 2.24) is 15.5 Å². The lowest BCUT2D eigenvalue weighted by Crippen LogP contribution is -2.49. The second-order valence-electron chi connectivity index (χ2n) is 8.47. The van der Waals surface area contributed by atoms with Crippen LogP contribution in [0.25, 0.3) is 0 Å². The van der Waals surface area contributed by atoms with Gasteiger partial charge in [-0.1, -0.05) is 25.7 Å². The summed E-state index contributed by atoms with van der Waals surface area (Å²) in [6, 6.07) is 0.430. The first-order valence-corrected chi connectivity index (χ1v) is 11.9. The molecule has 1 saturated carbocycles. The summed E-state index contributed by atoms with van der Waals surface area (Å²) in [5.74, 6) is 1.47. The van der Waals surface area contributed by atoms with Crippen molar-refractivity contribution in [2.24, 2.45) is 10.9 Å². The topological polar surface area (TPSA) is 67.4 Å². The van der Waals surface area contributed by atoms with Crippen molar-refractivity contribution in [2.45, 2.75) is 64.0 Å². The number of hydrogen-bond donors (Lipinski definition) is 2. The Kier molecular flexibility index (Phi) is 10.5. The van der Waals surface area contributed by atoms with E-state index in [-0.39, 0.29) is 0 Å². The Hall–Kier alpha value is -0.890. The Bertz CT molecular complexity index is 457. The Morgan fingerprint density at radius 3 is 2.52 bits per heavy atom. The summed E-state index contributed by atoms with van der Waals surface area (Å²) in [5.41, 5.74) is 0. The van der Waals surface area contributed by atoms with Crippen molar-refractivity contribution >= 4 is 5.96 Å². The first-order chi connectivity index (χ1) is 14.4. The predicted molar refractivity (Wildman–Crippen MR) is 117 cm³/mol. The molecule has 2 N–H and O–H groups in total. The fourth-order valence-corrected chi connectivity index (χ4v) is 4.66.